The fourth-order valence-electron chi connectivity index (χ4n) is 2.77. The molecule has 0 bridgehead atoms. The largest absolute Gasteiger partial charge is 0.481 e. The second-order valence-corrected chi connectivity index (χ2v) is 5.82. The van der Waals surface area contributed by atoms with Crippen molar-refractivity contribution in [2.75, 3.05) is 13.2 Å². The first kappa shape index (κ1) is 15.5. The van der Waals surface area contributed by atoms with Crippen molar-refractivity contribution in [2.45, 2.75) is 37.5 Å². The van der Waals surface area contributed by atoms with E-state index in [2.05, 4.69) is 0 Å². The quantitative estimate of drug-likeness (QED) is 0.862. The number of carboxylic acid groups (broad SMARTS) is 1. The Morgan fingerprint density at radius 1 is 1.38 bits per heavy atom. The molecule has 1 aromatic rings. The molecule has 1 aliphatic rings. The van der Waals surface area contributed by atoms with Gasteiger partial charge in [0.25, 0.3) is 0 Å². The maximum absolute atomic E-state index is 11.8. The van der Waals surface area contributed by atoms with Gasteiger partial charge in [-0.1, -0.05) is 31.2 Å². The van der Waals surface area contributed by atoms with E-state index in [1.807, 2.05) is 6.92 Å². The van der Waals surface area contributed by atoms with E-state index in [0.29, 0.717) is 19.4 Å². The van der Waals surface area contributed by atoms with Gasteiger partial charge in [-0.2, -0.15) is 0 Å². The van der Waals surface area contributed by atoms with Gasteiger partial charge in [-0.05, 0) is 30.9 Å². The molecule has 2 atom stereocenters. The first-order valence-corrected chi connectivity index (χ1v) is 7.09. The molecule has 1 aliphatic heterocycles. The van der Waals surface area contributed by atoms with E-state index in [-0.39, 0.29) is 6.61 Å². The van der Waals surface area contributed by atoms with Crippen molar-refractivity contribution in [2.24, 2.45) is 5.73 Å². The second-order valence-electron chi connectivity index (χ2n) is 5.82. The lowest BCUT2D eigenvalue weighted by atomic mass is 9.76. The van der Waals surface area contributed by atoms with E-state index in [1.165, 1.54) is 0 Å². The van der Waals surface area contributed by atoms with Gasteiger partial charge < -0.3 is 15.6 Å². The van der Waals surface area contributed by atoms with Gasteiger partial charge in [0.2, 0.25) is 5.91 Å². The van der Waals surface area contributed by atoms with E-state index in [4.69, 9.17) is 10.5 Å². The minimum absolute atomic E-state index is 0.283. The van der Waals surface area contributed by atoms with E-state index in [1.54, 1.807) is 31.2 Å². The number of carbonyl (C=O) groups excluding carboxylic acids is 1. The Hall–Kier alpha value is -1.88. The fraction of sp³-hybridized carbons (Fsp3) is 0.500. The monoisotopic (exact) mass is 291 g/mol. The molecule has 0 aliphatic carbocycles. The van der Waals surface area contributed by atoms with Crippen molar-refractivity contribution >= 4 is 11.9 Å². The van der Waals surface area contributed by atoms with Gasteiger partial charge in [0, 0.05) is 6.61 Å². The number of carboxylic acids is 1. The summed E-state index contributed by atoms with van der Waals surface area (Å²) in [6.07, 6.45) is 1.05. The number of aliphatic carboxylic acids is 1. The SMILES string of the molecule is CCC(C)(C(=O)O)c1ccc(C2(C(N)=O)CCOC2)cc1. The second kappa shape index (κ2) is 5.48. The Labute approximate surface area is 124 Å². The average molecular weight is 291 g/mol. The lowest BCUT2D eigenvalue weighted by Gasteiger charge is -2.27. The number of ether oxygens (including phenoxy) is 1. The van der Waals surface area contributed by atoms with Crippen molar-refractivity contribution < 1.29 is 19.4 Å². The molecule has 1 saturated heterocycles. The predicted molar refractivity (Wildman–Crippen MR) is 78.0 cm³/mol. The molecule has 5 nitrogen and oxygen atoms in total. The van der Waals surface area contributed by atoms with Crippen molar-refractivity contribution in [3.63, 3.8) is 0 Å². The van der Waals surface area contributed by atoms with Crippen LogP contribution in [0.2, 0.25) is 0 Å². The van der Waals surface area contributed by atoms with Crippen LogP contribution in [0.25, 0.3) is 0 Å². The molecule has 1 aromatic carbocycles. The molecular weight excluding hydrogens is 270 g/mol. The fourth-order valence-corrected chi connectivity index (χ4v) is 2.77. The van der Waals surface area contributed by atoms with Crippen molar-refractivity contribution in [1.29, 1.82) is 0 Å². The van der Waals surface area contributed by atoms with Crippen molar-refractivity contribution in [3.8, 4) is 0 Å². The standard InChI is InChI=1S/C16H21NO4/c1-3-15(2,14(19)20)11-4-6-12(7-5-11)16(13(17)18)8-9-21-10-16/h4-7H,3,8-10H2,1-2H3,(H2,17,18)(H,19,20). The zero-order chi connectivity index (χ0) is 15.7. The average Bonchev–Trinajstić information content (AvgIpc) is 2.97. The zero-order valence-electron chi connectivity index (χ0n) is 12.4. The number of hydrogen-bond acceptors (Lipinski definition) is 3. The third-order valence-electron chi connectivity index (χ3n) is 4.75. The van der Waals surface area contributed by atoms with Crippen LogP contribution in [0.3, 0.4) is 0 Å². The molecule has 1 amide bonds. The van der Waals surface area contributed by atoms with E-state index >= 15 is 0 Å². The zero-order valence-corrected chi connectivity index (χ0v) is 12.4. The van der Waals surface area contributed by atoms with Crippen LogP contribution < -0.4 is 5.73 Å². The van der Waals surface area contributed by atoms with Gasteiger partial charge in [-0.25, -0.2) is 0 Å². The molecule has 0 radical (unpaired) electrons. The minimum Gasteiger partial charge on any atom is -0.481 e. The van der Waals surface area contributed by atoms with Gasteiger partial charge in [0.15, 0.2) is 0 Å². The summed E-state index contributed by atoms with van der Waals surface area (Å²) >= 11 is 0. The molecule has 0 saturated carbocycles. The third kappa shape index (κ3) is 2.42. The Balaban J connectivity index is 2.39. The molecule has 1 heterocycles. The number of primary amides is 1. The van der Waals surface area contributed by atoms with Crippen LogP contribution in [0, 0.1) is 0 Å². The summed E-state index contributed by atoms with van der Waals surface area (Å²) in [4.78, 5) is 23.3. The number of hydrogen-bond donors (Lipinski definition) is 2. The van der Waals surface area contributed by atoms with Crippen LogP contribution in [0.4, 0.5) is 0 Å². The summed E-state index contributed by atoms with van der Waals surface area (Å²) in [5.41, 5.74) is 5.35. The topological polar surface area (TPSA) is 89.6 Å². The Morgan fingerprint density at radius 2 is 2.00 bits per heavy atom. The minimum atomic E-state index is -0.926. The van der Waals surface area contributed by atoms with Crippen LogP contribution in [-0.2, 0) is 25.2 Å². The number of carbonyl (C=O) groups is 2. The van der Waals surface area contributed by atoms with Crippen LogP contribution in [0.1, 0.15) is 37.8 Å². The summed E-state index contributed by atoms with van der Waals surface area (Å²) in [6.45, 7) is 4.34. The van der Waals surface area contributed by atoms with Crippen LogP contribution in [-0.4, -0.2) is 30.2 Å². The Kier molecular flexibility index (Phi) is 4.05. The smallest absolute Gasteiger partial charge is 0.313 e. The van der Waals surface area contributed by atoms with Gasteiger partial charge in [-0.3, -0.25) is 9.59 Å². The molecule has 5 heteroatoms. The normalized spacial score (nSPS) is 24.5. The van der Waals surface area contributed by atoms with Crippen LogP contribution in [0.5, 0.6) is 0 Å². The van der Waals surface area contributed by atoms with Crippen LogP contribution >= 0.6 is 0 Å². The third-order valence-corrected chi connectivity index (χ3v) is 4.75. The first-order chi connectivity index (χ1) is 9.86. The molecule has 21 heavy (non-hydrogen) atoms. The molecule has 2 rings (SSSR count). The van der Waals surface area contributed by atoms with E-state index in [0.717, 1.165) is 11.1 Å². The highest BCUT2D eigenvalue weighted by Gasteiger charge is 2.43. The molecule has 0 spiro atoms. The van der Waals surface area contributed by atoms with Gasteiger partial charge >= 0.3 is 5.97 Å². The Morgan fingerprint density at radius 3 is 2.38 bits per heavy atom. The van der Waals surface area contributed by atoms with Crippen molar-refractivity contribution in [1.82, 2.24) is 0 Å². The number of nitrogens with two attached hydrogens (primary N) is 1. The molecule has 0 aromatic heterocycles. The molecule has 2 unspecified atom stereocenters. The number of benzene rings is 1. The summed E-state index contributed by atoms with van der Waals surface area (Å²) in [5.74, 6) is -1.25. The molecule has 3 N–H and O–H groups in total. The predicted octanol–water partition coefficient (Wildman–Crippen LogP) is 1.58. The maximum atomic E-state index is 11.8. The lowest BCUT2D eigenvalue weighted by molar-refractivity contribution is -0.143. The summed E-state index contributed by atoms with van der Waals surface area (Å²) in [6, 6.07) is 7.14. The van der Waals surface area contributed by atoms with E-state index in [9.17, 15) is 14.7 Å². The van der Waals surface area contributed by atoms with Crippen molar-refractivity contribution in [3.05, 3.63) is 35.4 Å². The van der Waals surface area contributed by atoms with Crippen LogP contribution in [0.15, 0.2) is 24.3 Å². The number of amides is 1. The molecular formula is C16H21NO4. The van der Waals surface area contributed by atoms with E-state index < -0.39 is 22.7 Å². The molecule has 1 fully saturated rings. The highest BCUT2D eigenvalue weighted by atomic mass is 16.5. The lowest BCUT2D eigenvalue weighted by Crippen LogP contribution is -2.41. The summed E-state index contributed by atoms with van der Waals surface area (Å²) in [7, 11) is 0. The van der Waals surface area contributed by atoms with Gasteiger partial charge in [-0.15, -0.1) is 0 Å². The Bertz CT molecular complexity index is 546. The first-order valence-electron chi connectivity index (χ1n) is 7.09. The van der Waals surface area contributed by atoms with Gasteiger partial charge in [0.1, 0.15) is 0 Å². The molecule has 114 valence electrons. The highest BCUT2D eigenvalue weighted by molar-refractivity contribution is 5.87. The van der Waals surface area contributed by atoms with Gasteiger partial charge in [0.05, 0.1) is 17.4 Å². The highest BCUT2D eigenvalue weighted by Crippen LogP contribution is 2.35. The summed E-state index contributed by atoms with van der Waals surface area (Å²) in [5, 5.41) is 9.41. The summed E-state index contributed by atoms with van der Waals surface area (Å²) < 4.78 is 5.34. The maximum Gasteiger partial charge on any atom is 0.313 e. The number of rotatable bonds is 5.